The lowest BCUT2D eigenvalue weighted by atomic mass is 9.95. The van der Waals surface area contributed by atoms with E-state index in [2.05, 4.69) is 43.0 Å². The van der Waals surface area contributed by atoms with Crippen LogP contribution in [0, 0.1) is 0 Å². The summed E-state index contributed by atoms with van der Waals surface area (Å²) in [5.74, 6) is 0. The Kier molecular flexibility index (Phi) is 8.27. The molecule has 0 aliphatic rings. The summed E-state index contributed by atoms with van der Waals surface area (Å²) in [5, 5.41) is 12.9. The fourth-order valence-electron chi connectivity index (χ4n) is 3.99. The molecule has 1 aromatic heterocycles. The Morgan fingerprint density at radius 3 is 2.22 bits per heavy atom. The van der Waals surface area contributed by atoms with Crippen molar-refractivity contribution in [2.45, 2.75) is 20.0 Å². The van der Waals surface area contributed by atoms with E-state index in [0.717, 1.165) is 51.9 Å². The predicted molar refractivity (Wildman–Crippen MR) is 138 cm³/mol. The van der Waals surface area contributed by atoms with Gasteiger partial charge in [0.1, 0.15) is 0 Å². The van der Waals surface area contributed by atoms with E-state index in [9.17, 15) is 5.11 Å². The largest absolute Gasteiger partial charge is 0.387 e. The smallest absolute Gasteiger partial charge is 0.0924 e. The molecule has 3 aromatic carbocycles. The summed E-state index contributed by atoms with van der Waals surface area (Å²) in [6, 6.07) is 26.2. The highest BCUT2D eigenvalue weighted by molar-refractivity contribution is 6.30. The van der Waals surface area contributed by atoms with Gasteiger partial charge in [-0.1, -0.05) is 86.1 Å². The molecule has 0 radical (unpaired) electrons. The summed E-state index contributed by atoms with van der Waals surface area (Å²) in [5.41, 5.74) is 5.78. The number of hydrogen-bond acceptors (Lipinski definition) is 3. The maximum Gasteiger partial charge on any atom is 0.0924 e. The third-order valence-electron chi connectivity index (χ3n) is 5.78. The molecule has 32 heavy (non-hydrogen) atoms. The van der Waals surface area contributed by atoms with E-state index in [1.807, 2.05) is 54.6 Å². The summed E-state index contributed by atoms with van der Waals surface area (Å²) in [6.07, 6.45) is -0.609. The molecule has 0 amide bonds. The molecular weight excluding hydrogens is 439 g/mol. The van der Waals surface area contributed by atoms with Crippen LogP contribution >= 0.6 is 24.0 Å². The van der Waals surface area contributed by atoms with E-state index in [1.54, 1.807) is 0 Å². The van der Waals surface area contributed by atoms with Gasteiger partial charge in [-0.3, -0.25) is 0 Å². The zero-order chi connectivity index (χ0) is 21.8. The van der Waals surface area contributed by atoms with Gasteiger partial charge >= 0.3 is 0 Å². The monoisotopic (exact) mass is 466 g/mol. The first-order valence-electron chi connectivity index (χ1n) is 10.8. The van der Waals surface area contributed by atoms with Gasteiger partial charge in [-0.25, -0.2) is 4.98 Å². The second kappa shape index (κ2) is 10.9. The summed E-state index contributed by atoms with van der Waals surface area (Å²) in [7, 11) is 0. The van der Waals surface area contributed by atoms with E-state index in [1.165, 1.54) is 0 Å². The fraction of sp³-hybridized carbons (Fsp3) is 0.222. The third kappa shape index (κ3) is 5.13. The van der Waals surface area contributed by atoms with Crippen molar-refractivity contribution in [2.24, 2.45) is 0 Å². The number of pyridine rings is 1. The van der Waals surface area contributed by atoms with Crippen molar-refractivity contribution in [1.82, 2.24) is 9.88 Å². The molecule has 0 aliphatic heterocycles. The summed E-state index contributed by atoms with van der Waals surface area (Å²) in [4.78, 5) is 7.28. The van der Waals surface area contributed by atoms with Crippen LogP contribution in [-0.2, 0) is 0 Å². The van der Waals surface area contributed by atoms with Crippen LogP contribution < -0.4 is 0 Å². The molecule has 0 fully saturated rings. The number of halogens is 2. The lowest BCUT2D eigenvalue weighted by Crippen LogP contribution is -2.28. The van der Waals surface area contributed by atoms with Gasteiger partial charge in [0, 0.05) is 28.1 Å². The minimum atomic E-state index is -0.609. The van der Waals surface area contributed by atoms with Crippen LogP contribution in [0.15, 0.2) is 78.9 Å². The fourth-order valence-corrected chi connectivity index (χ4v) is 4.12. The minimum Gasteiger partial charge on any atom is -0.387 e. The molecule has 1 unspecified atom stereocenters. The standard InChI is InChI=1S/C27H27ClN2O.ClH/c1-3-30(4-2)18-26(31)24-17-25(20-13-15-21(28)16-14-20)29-27-22(11-8-12-23(24)27)19-9-6-5-7-10-19;/h5-17,26,31H,3-4,18H2,1-2H3;1H. The van der Waals surface area contributed by atoms with Crippen molar-refractivity contribution in [3.05, 3.63) is 89.4 Å². The van der Waals surface area contributed by atoms with E-state index in [-0.39, 0.29) is 12.4 Å². The van der Waals surface area contributed by atoms with Gasteiger partial charge < -0.3 is 10.0 Å². The second-order valence-electron chi connectivity index (χ2n) is 7.67. The van der Waals surface area contributed by atoms with Crippen molar-refractivity contribution >= 4 is 34.9 Å². The molecule has 166 valence electrons. The number of nitrogens with zero attached hydrogens (tertiary/aromatic N) is 2. The Morgan fingerprint density at radius 2 is 1.56 bits per heavy atom. The first-order valence-corrected chi connectivity index (χ1v) is 11.1. The first-order chi connectivity index (χ1) is 15.1. The summed E-state index contributed by atoms with van der Waals surface area (Å²) >= 11 is 6.10. The van der Waals surface area contributed by atoms with Crippen molar-refractivity contribution < 1.29 is 5.11 Å². The maximum absolute atomic E-state index is 11.2. The van der Waals surface area contributed by atoms with Crippen LogP contribution in [0.2, 0.25) is 5.02 Å². The molecule has 4 rings (SSSR count). The average Bonchev–Trinajstić information content (AvgIpc) is 2.82. The van der Waals surface area contributed by atoms with Crippen molar-refractivity contribution in [3.63, 3.8) is 0 Å². The van der Waals surface area contributed by atoms with Gasteiger partial charge in [0.05, 0.1) is 17.3 Å². The topological polar surface area (TPSA) is 36.4 Å². The van der Waals surface area contributed by atoms with Gasteiger partial charge in [-0.2, -0.15) is 0 Å². The zero-order valence-electron chi connectivity index (χ0n) is 18.3. The van der Waals surface area contributed by atoms with Gasteiger partial charge in [0.25, 0.3) is 0 Å². The highest BCUT2D eigenvalue weighted by Gasteiger charge is 2.18. The lowest BCUT2D eigenvalue weighted by molar-refractivity contribution is 0.120. The first kappa shape index (κ1) is 24.2. The SMILES string of the molecule is CCN(CC)CC(O)c1cc(-c2ccc(Cl)cc2)nc2c(-c3ccccc3)cccc12.Cl. The summed E-state index contributed by atoms with van der Waals surface area (Å²) in [6.45, 7) is 6.62. The van der Waals surface area contributed by atoms with E-state index >= 15 is 0 Å². The number of aliphatic hydroxyl groups is 1. The second-order valence-corrected chi connectivity index (χ2v) is 8.11. The van der Waals surface area contributed by atoms with Gasteiger partial charge in [0.2, 0.25) is 0 Å². The van der Waals surface area contributed by atoms with Gasteiger partial charge in [-0.15, -0.1) is 12.4 Å². The van der Waals surface area contributed by atoms with Crippen LogP contribution in [0.1, 0.15) is 25.5 Å². The zero-order valence-corrected chi connectivity index (χ0v) is 19.9. The predicted octanol–water partition coefficient (Wildman–Crippen LogP) is 7.02. The number of fused-ring (bicyclic) bond motifs is 1. The summed E-state index contributed by atoms with van der Waals surface area (Å²) < 4.78 is 0. The average molecular weight is 467 g/mol. The Labute approximate surface area is 201 Å². The normalized spacial score (nSPS) is 12.0. The Bertz CT molecular complexity index is 1160. The number of aliphatic hydroxyl groups excluding tert-OH is 1. The van der Waals surface area contributed by atoms with Crippen molar-refractivity contribution in [1.29, 1.82) is 0 Å². The maximum atomic E-state index is 11.2. The van der Waals surface area contributed by atoms with Gasteiger partial charge in [-0.05, 0) is 42.4 Å². The molecule has 1 heterocycles. The quantitative estimate of drug-likeness (QED) is 0.317. The number of hydrogen-bond donors (Lipinski definition) is 1. The molecule has 0 aliphatic carbocycles. The van der Waals surface area contributed by atoms with Crippen LogP contribution in [0.4, 0.5) is 0 Å². The minimum absolute atomic E-state index is 0. The van der Waals surface area contributed by atoms with Gasteiger partial charge in [0.15, 0.2) is 0 Å². The highest BCUT2D eigenvalue weighted by atomic mass is 35.5. The van der Waals surface area contributed by atoms with E-state index < -0.39 is 6.10 Å². The third-order valence-corrected chi connectivity index (χ3v) is 6.03. The molecule has 3 nitrogen and oxygen atoms in total. The molecule has 0 spiro atoms. The van der Waals surface area contributed by atoms with Crippen LogP contribution in [0.25, 0.3) is 33.3 Å². The molecule has 0 saturated heterocycles. The van der Waals surface area contributed by atoms with E-state index in [0.29, 0.717) is 11.6 Å². The number of benzene rings is 3. The molecule has 1 N–H and O–H groups in total. The lowest BCUT2D eigenvalue weighted by Gasteiger charge is -2.23. The highest BCUT2D eigenvalue weighted by Crippen LogP contribution is 2.35. The Morgan fingerprint density at radius 1 is 0.875 bits per heavy atom. The number of aromatic nitrogens is 1. The molecule has 0 bridgehead atoms. The Hall–Kier alpha value is -2.43. The molecule has 5 heteroatoms. The van der Waals surface area contributed by atoms with Crippen LogP contribution in [0.5, 0.6) is 0 Å². The number of para-hydroxylation sites is 1. The Balaban J connectivity index is 0.00000289. The van der Waals surface area contributed by atoms with Crippen molar-refractivity contribution in [2.75, 3.05) is 19.6 Å². The van der Waals surface area contributed by atoms with E-state index in [4.69, 9.17) is 16.6 Å². The van der Waals surface area contributed by atoms with Crippen LogP contribution in [0.3, 0.4) is 0 Å². The number of likely N-dealkylation sites (N-methyl/N-ethyl adjacent to an activating group) is 1. The van der Waals surface area contributed by atoms with Crippen LogP contribution in [-0.4, -0.2) is 34.6 Å². The van der Waals surface area contributed by atoms with Crippen molar-refractivity contribution in [3.8, 4) is 22.4 Å². The molecule has 4 aromatic rings. The molecule has 0 saturated carbocycles. The molecule has 1 atom stereocenters. The number of rotatable bonds is 7. The molecular formula is C27H28Cl2N2O.